The molecule has 4 N–H and O–H groups in total. The first kappa shape index (κ1) is 25.8. The first-order valence-electron chi connectivity index (χ1n) is 14.3. The molecule has 3 fully saturated rings. The third-order valence-corrected chi connectivity index (χ3v) is 8.68. The zero-order valence-corrected chi connectivity index (χ0v) is 22.4. The Morgan fingerprint density at radius 2 is 1.64 bits per heavy atom. The number of likely N-dealkylation sites (tertiary alicyclic amines) is 1. The van der Waals surface area contributed by atoms with Gasteiger partial charge >= 0.3 is 0 Å². The van der Waals surface area contributed by atoms with E-state index < -0.39 is 0 Å². The standard InChI is InChI=1S/C33H38N4O2/c34-30-13-12-27(33(38)36-32(26-10-11-26)25-4-2-1-3-5-25)19-29(30)31(35)24-8-6-22(7-9-24)18-23-14-16-37(17-15-23)28-20-39-21-28/h1-9,12-13,19,23,26,28,32,35H,10-11,14-18,20-21,34H2,(H,36,38). The summed E-state index contributed by atoms with van der Waals surface area (Å²) in [5, 5.41) is 12.1. The van der Waals surface area contributed by atoms with Crippen molar-refractivity contribution in [3.63, 3.8) is 0 Å². The van der Waals surface area contributed by atoms with E-state index in [1.54, 1.807) is 18.2 Å². The molecule has 2 heterocycles. The molecule has 39 heavy (non-hydrogen) atoms. The Bertz CT molecular complexity index is 1310. The fourth-order valence-corrected chi connectivity index (χ4v) is 5.95. The minimum Gasteiger partial charge on any atom is -0.398 e. The van der Waals surface area contributed by atoms with Crippen LogP contribution in [0.5, 0.6) is 0 Å². The minimum absolute atomic E-state index is 0.00570. The first-order valence-corrected chi connectivity index (χ1v) is 14.3. The van der Waals surface area contributed by atoms with Crippen LogP contribution in [0, 0.1) is 17.2 Å². The largest absolute Gasteiger partial charge is 0.398 e. The van der Waals surface area contributed by atoms with Gasteiger partial charge in [-0.25, -0.2) is 0 Å². The molecule has 6 nitrogen and oxygen atoms in total. The Morgan fingerprint density at radius 1 is 0.949 bits per heavy atom. The molecule has 3 aromatic carbocycles. The topological polar surface area (TPSA) is 91.4 Å². The van der Waals surface area contributed by atoms with Gasteiger partial charge in [-0.1, -0.05) is 54.6 Å². The number of amides is 1. The van der Waals surface area contributed by atoms with Gasteiger partial charge in [-0.2, -0.15) is 0 Å². The molecule has 3 aliphatic rings. The van der Waals surface area contributed by atoms with E-state index in [0.717, 1.165) is 56.7 Å². The van der Waals surface area contributed by atoms with Crippen molar-refractivity contribution >= 4 is 17.3 Å². The predicted octanol–water partition coefficient (Wildman–Crippen LogP) is 5.22. The van der Waals surface area contributed by atoms with Gasteiger partial charge in [0.1, 0.15) is 0 Å². The van der Waals surface area contributed by atoms with E-state index in [1.165, 1.54) is 18.4 Å². The number of carbonyl (C=O) groups is 1. The maximum atomic E-state index is 13.3. The zero-order chi connectivity index (χ0) is 26.8. The van der Waals surface area contributed by atoms with Crippen molar-refractivity contribution in [2.24, 2.45) is 11.8 Å². The third-order valence-electron chi connectivity index (χ3n) is 8.68. The molecule has 1 atom stereocenters. The summed E-state index contributed by atoms with van der Waals surface area (Å²) in [6.07, 6.45) is 5.78. The monoisotopic (exact) mass is 522 g/mol. The normalized spacial score (nSPS) is 19.3. The number of nitrogens with zero attached hydrogens (tertiary/aromatic N) is 1. The lowest BCUT2D eigenvalue weighted by Crippen LogP contribution is -2.51. The van der Waals surface area contributed by atoms with Gasteiger partial charge in [0.05, 0.1) is 31.0 Å². The average molecular weight is 523 g/mol. The number of hydrogen-bond acceptors (Lipinski definition) is 5. The summed E-state index contributed by atoms with van der Waals surface area (Å²) in [5.74, 6) is 1.05. The van der Waals surface area contributed by atoms with Gasteiger partial charge in [-0.3, -0.25) is 15.1 Å². The summed E-state index contributed by atoms with van der Waals surface area (Å²) in [6.45, 7) is 4.12. The van der Waals surface area contributed by atoms with Crippen LogP contribution in [0.25, 0.3) is 0 Å². The highest BCUT2D eigenvalue weighted by Gasteiger charge is 2.33. The van der Waals surface area contributed by atoms with Crippen molar-refractivity contribution in [2.75, 3.05) is 32.0 Å². The van der Waals surface area contributed by atoms with Gasteiger partial charge in [-0.05, 0) is 86.4 Å². The van der Waals surface area contributed by atoms with Gasteiger partial charge in [0.2, 0.25) is 0 Å². The van der Waals surface area contributed by atoms with E-state index in [-0.39, 0.29) is 11.9 Å². The van der Waals surface area contributed by atoms with Crippen LogP contribution in [0.1, 0.15) is 64.3 Å². The number of ether oxygens (including phenoxy) is 1. The molecular formula is C33H38N4O2. The smallest absolute Gasteiger partial charge is 0.251 e. The number of hydrogen-bond donors (Lipinski definition) is 3. The minimum atomic E-state index is -0.129. The van der Waals surface area contributed by atoms with Gasteiger partial charge in [0.15, 0.2) is 0 Å². The molecule has 1 unspecified atom stereocenters. The quantitative estimate of drug-likeness (QED) is 0.265. The molecular weight excluding hydrogens is 484 g/mol. The van der Waals surface area contributed by atoms with Gasteiger partial charge in [0, 0.05) is 22.4 Å². The van der Waals surface area contributed by atoms with Crippen molar-refractivity contribution in [2.45, 2.75) is 44.2 Å². The molecule has 202 valence electrons. The maximum Gasteiger partial charge on any atom is 0.251 e. The van der Waals surface area contributed by atoms with E-state index in [4.69, 9.17) is 15.9 Å². The van der Waals surface area contributed by atoms with Crippen LogP contribution >= 0.6 is 0 Å². The Hall–Kier alpha value is -3.48. The number of nitrogen functional groups attached to an aromatic ring is 1. The van der Waals surface area contributed by atoms with E-state index in [9.17, 15) is 4.79 Å². The summed E-state index contributed by atoms with van der Waals surface area (Å²) in [7, 11) is 0. The molecule has 0 bridgehead atoms. The molecule has 0 radical (unpaired) electrons. The highest BCUT2D eigenvalue weighted by Crippen LogP contribution is 2.41. The fourth-order valence-electron chi connectivity index (χ4n) is 5.95. The van der Waals surface area contributed by atoms with Crippen molar-refractivity contribution in [3.05, 3.63) is 101 Å². The number of nitrogens with one attached hydrogen (secondary N) is 2. The Labute approximate surface area is 231 Å². The van der Waals surface area contributed by atoms with E-state index >= 15 is 0 Å². The molecule has 6 rings (SSSR count). The number of carbonyl (C=O) groups excluding carboxylic acids is 1. The third kappa shape index (κ3) is 5.92. The summed E-state index contributed by atoms with van der Waals surface area (Å²) < 4.78 is 5.35. The van der Waals surface area contributed by atoms with Crippen molar-refractivity contribution < 1.29 is 9.53 Å². The average Bonchev–Trinajstić information content (AvgIpc) is 3.78. The summed E-state index contributed by atoms with van der Waals surface area (Å²) >= 11 is 0. The summed E-state index contributed by atoms with van der Waals surface area (Å²) in [6, 6.07) is 24.4. The lowest BCUT2D eigenvalue weighted by Gasteiger charge is -2.41. The van der Waals surface area contributed by atoms with Gasteiger partial charge in [-0.15, -0.1) is 0 Å². The second kappa shape index (κ2) is 11.3. The predicted molar refractivity (Wildman–Crippen MR) is 155 cm³/mol. The van der Waals surface area contributed by atoms with E-state index in [2.05, 4.69) is 34.5 Å². The second-order valence-electron chi connectivity index (χ2n) is 11.4. The van der Waals surface area contributed by atoms with Crippen LogP contribution in [0.4, 0.5) is 5.69 Å². The summed E-state index contributed by atoms with van der Waals surface area (Å²) in [5.41, 5.74) is 11.5. The number of piperidine rings is 1. The highest BCUT2D eigenvalue weighted by molar-refractivity contribution is 6.14. The van der Waals surface area contributed by atoms with Crippen molar-refractivity contribution in [1.29, 1.82) is 5.41 Å². The molecule has 1 amide bonds. The molecule has 3 aromatic rings. The Balaban J connectivity index is 1.10. The molecule has 2 saturated heterocycles. The van der Waals surface area contributed by atoms with Crippen LogP contribution in [0.2, 0.25) is 0 Å². The van der Waals surface area contributed by atoms with Crippen LogP contribution < -0.4 is 11.1 Å². The van der Waals surface area contributed by atoms with E-state index in [0.29, 0.717) is 40.4 Å². The molecule has 0 aromatic heterocycles. The number of anilines is 1. The fraction of sp³-hybridized carbons (Fsp3) is 0.394. The molecule has 0 spiro atoms. The van der Waals surface area contributed by atoms with Gasteiger partial charge in [0.25, 0.3) is 5.91 Å². The number of nitrogens with two attached hydrogens (primary N) is 1. The van der Waals surface area contributed by atoms with Crippen LogP contribution in [-0.2, 0) is 11.2 Å². The van der Waals surface area contributed by atoms with Crippen LogP contribution in [0.3, 0.4) is 0 Å². The first-order chi connectivity index (χ1) is 19.0. The Morgan fingerprint density at radius 3 is 2.28 bits per heavy atom. The highest BCUT2D eigenvalue weighted by atomic mass is 16.5. The number of benzene rings is 3. The van der Waals surface area contributed by atoms with Crippen molar-refractivity contribution in [3.8, 4) is 0 Å². The van der Waals surface area contributed by atoms with Crippen LogP contribution in [0.15, 0.2) is 72.8 Å². The molecule has 6 heteroatoms. The lowest BCUT2D eigenvalue weighted by molar-refractivity contribution is -0.0737. The molecule has 2 aliphatic heterocycles. The Kier molecular flexibility index (Phi) is 7.49. The SMILES string of the molecule is N=C(c1ccc(CC2CCN(C3COC3)CC2)cc1)c1cc(C(=O)NC(c2ccccc2)C2CC2)ccc1N. The summed E-state index contributed by atoms with van der Waals surface area (Å²) in [4.78, 5) is 15.8. The maximum absolute atomic E-state index is 13.3. The van der Waals surface area contributed by atoms with Crippen LogP contribution in [-0.4, -0.2) is 48.9 Å². The van der Waals surface area contributed by atoms with Crippen molar-refractivity contribution in [1.82, 2.24) is 10.2 Å². The van der Waals surface area contributed by atoms with E-state index in [1.807, 2.05) is 30.3 Å². The zero-order valence-electron chi connectivity index (χ0n) is 22.4. The molecule has 1 saturated carbocycles. The van der Waals surface area contributed by atoms with Gasteiger partial charge < -0.3 is 15.8 Å². The number of rotatable bonds is 9. The second-order valence-corrected chi connectivity index (χ2v) is 11.4. The lowest BCUT2D eigenvalue weighted by atomic mass is 9.88. The molecule has 1 aliphatic carbocycles.